The molecule has 0 aromatic carbocycles. The summed E-state index contributed by atoms with van der Waals surface area (Å²) < 4.78 is 0. The number of carboxylic acid groups (broad SMARTS) is 1. The highest BCUT2D eigenvalue weighted by atomic mass is 16.4. The molecule has 1 fully saturated rings. The molecule has 116 valence electrons. The molecule has 0 bridgehead atoms. The van der Waals surface area contributed by atoms with Crippen LogP contribution in [0, 0.1) is 5.41 Å². The molecule has 1 heterocycles. The molecule has 0 atom stereocenters. The molecule has 0 saturated carbocycles. The smallest absolute Gasteiger partial charge is 0.323 e. The Morgan fingerprint density at radius 2 is 1.90 bits per heavy atom. The van der Waals surface area contributed by atoms with Gasteiger partial charge in [0.1, 0.15) is 6.54 Å². The largest absolute Gasteiger partial charge is 0.480 e. The number of piperidine rings is 1. The summed E-state index contributed by atoms with van der Waals surface area (Å²) in [4.78, 5) is 26.5. The highest BCUT2D eigenvalue weighted by Crippen LogP contribution is 2.29. The van der Waals surface area contributed by atoms with Crippen molar-refractivity contribution in [1.29, 1.82) is 0 Å². The van der Waals surface area contributed by atoms with Crippen molar-refractivity contribution >= 4 is 12.0 Å². The number of carbonyl (C=O) groups is 2. The van der Waals surface area contributed by atoms with Gasteiger partial charge in [-0.3, -0.25) is 4.79 Å². The van der Waals surface area contributed by atoms with Gasteiger partial charge in [0.15, 0.2) is 0 Å². The maximum Gasteiger partial charge on any atom is 0.323 e. The summed E-state index contributed by atoms with van der Waals surface area (Å²) in [5.41, 5.74) is 0.105. The Kier molecular flexibility index (Phi) is 5.80. The second-order valence-corrected chi connectivity index (χ2v) is 6.39. The van der Waals surface area contributed by atoms with E-state index in [1.807, 2.05) is 13.8 Å². The molecule has 6 heteroatoms. The maximum atomic E-state index is 12.1. The molecule has 2 N–H and O–H groups in total. The van der Waals surface area contributed by atoms with E-state index < -0.39 is 5.97 Å². The third-order valence-corrected chi connectivity index (χ3v) is 4.05. The van der Waals surface area contributed by atoms with Gasteiger partial charge in [-0.15, -0.1) is 0 Å². The van der Waals surface area contributed by atoms with Crippen molar-refractivity contribution in [3.8, 4) is 0 Å². The highest BCUT2D eigenvalue weighted by Gasteiger charge is 2.30. The number of hydrogen-bond donors (Lipinski definition) is 2. The Labute approximate surface area is 121 Å². The summed E-state index contributed by atoms with van der Waals surface area (Å²) in [6, 6.07) is -0.418. The van der Waals surface area contributed by atoms with Crippen LogP contribution in [0.2, 0.25) is 0 Å². The van der Waals surface area contributed by atoms with Crippen LogP contribution in [0.15, 0.2) is 0 Å². The van der Waals surface area contributed by atoms with Gasteiger partial charge in [-0.25, -0.2) is 4.79 Å². The minimum absolute atomic E-state index is 0.105. The first-order chi connectivity index (χ1) is 9.23. The lowest BCUT2D eigenvalue weighted by molar-refractivity contribution is -0.138. The van der Waals surface area contributed by atoms with Crippen LogP contribution in [0.25, 0.3) is 0 Å². The van der Waals surface area contributed by atoms with E-state index in [1.54, 1.807) is 0 Å². The lowest BCUT2D eigenvalue weighted by Crippen LogP contribution is -2.50. The fourth-order valence-electron chi connectivity index (χ4n) is 2.36. The third-order valence-electron chi connectivity index (χ3n) is 4.05. The number of nitrogens with zero attached hydrogens (tertiary/aromatic N) is 2. The number of urea groups is 1. The van der Waals surface area contributed by atoms with Crippen LogP contribution in [-0.4, -0.2) is 66.2 Å². The van der Waals surface area contributed by atoms with E-state index in [-0.39, 0.29) is 24.0 Å². The van der Waals surface area contributed by atoms with Crippen molar-refractivity contribution in [2.75, 3.05) is 33.2 Å². The predicted octanol–water partition coefficient (Wildman–Crippen LogP) is 1.22. The average Bonchev–Trinajstić information content (AvgIpc) is 2.37. The Bertz CT molecular complexity index is 350. The first-order valence-corrected chi connectivity index (χ1v) is 7.18. The van der Waals surface area contributed by atoms with Crippen molar-refractivity contribution < 1.29 is 14.7 Å². The quantitative estimate of drug-likeness (QED) is 0.796. The van der Waals surface area contributed by atoms with E-state index in [4.69, 9.17) is 5.11 Å². The Morgan fingerprint density at radius 1 is 1.35 bits per heavy atom. The van der Waals surface area contributed by atoms with Crippen molar-refractivity contribution in [3.05, 3.63) is 0 Å². The van der Waals surface area contributed by atoms with Crippen molar-refractivity contribution in [3.63, 3.8) is 0 Å². The molecule has 6 nitrogen and oxygen atoms in total. The first kappa shape index (κ1) is 16.8. The molecule has 0 aromatic rings. The molecule has 20 heavy (non-hydrogen) atoms. The number of amides is 2. The highest BCUT2D eigenvalue weighted by molar-refractivity contribution is 5.80. The zero-order chi connectivity index (χ0) is 15.3. The molecule has 0 unspecified atom stereocenters. The number of aliphatic carboxylic acids is 1. The van der Waals surface area contributed by atoms with Gasteiger partial charge in [-0.2, -0.15) is 0 Å². The molecule has 1 saturated heterocycles. The van der Waals surface area contributed by atoms with Gasteiger partial charge in [0.05, 0.1) is 0 Å². The summed E-state index contributed by atoms with van der Waals surface area (Å²) in [6.07, 6.45) is 2.09. The van der Waals surface area contributed by atoms with Crippen LogP contribution in [-0.2, 0) is 4.79 Å². The van der Waals surface area contributed by atoms with Crippen LogP contribution < -0.4 is 5.32 Å². The van der Waals surface area contributed by atoms with Gasteiger partial charge in [0.2, 0.25) is 0 Å². The van der Waals surface area contributed by atoms with Gasteiger partial charge in [-0.05, 0) is 52.2 Å². The van der Waals surface area contributed by atoms with Crippen LogP contribution in [0.4, 0.5) is 4.79 Å². The molecule has 0 spiro atoms. The zero-order valence-corrected chi connectivity index (χ0v) is 13.0. The number of hydrogen-bond acceptors (Lipinski definition) is 3. The van der Waals surface area contributed by atoms with Crippen molar-refractivity contribution in [2.24, 2.45) is 5.41 Å². The van der Waals surface area contributed by atoms with E-state index in [9.17, 15) is 9.59 Å². The van der Waals surface area contributed by atoms with Gasteiger partial charge in [-0.1, -0.05) is 6.92 Å². The van der Waals surface area contributed by atoms with Gasteiger partial charge in [0.25, 0.3) is 0 Å². The van der Waals surface area contributed by atoms with Crippen LogP contribution >= 0.6 is 0 Å². The number of likely N-dealkylation sites (tertiary alicyclic amines) is 1. The average molecular weight is 285 g/mol. The minimum Gasteiger partial charge on any atom is -0.480 e. The third kappa shape index (κ3) is 5.00. The molecule has 1 aliphatic rings. The summed E-state index contributed by atoms with van der Waals surface area (Å²) in [5.74, 6) is -0.987. The molecule has 0 aliphatic carbocycles. The van der Waals surface area contributed by atoms with E-state index >= 15 is 0 Å². The Balaban J connectivity index is 2.50. The molecular weight excluding hydrogens is 258 g/mol. The number of nitrogens with one attached hydrogen (secondary N) is 1. The Morgan fingerprint density at radius 3 is 2.35 bits per heavy atom. The molecule has 1 aliphatic heterocycles. The second kappa shape index (κ2) is 6.92. The fraction of sp³-hybridized carbons (Fsp3) is 0.857. The topological polar surface area (TPSA) is 72.9 Å². The molecule has 2 amide bonds. The molecular formula is C14H27N3O3. The van der Waals surface area contributed by atoms with E-state index in [1.165, 1.54) is 4.90 Å². The lowest BCUT2D eigenvalue weighted by atomic mass is 9.80. The van der Waals surface area contributed by atoms with E-state index in [2.05, 4.69) is 24.2 Å². The standard InChI is InChI=1S/C14H27N3O3/c1-11(2)17(9-12(18)19)13(20)15-10-14(3)5-7-16(4)8-6-14/h11H,5-10H2,1-4H3,(H,15,20)(H,18,19). The predicted molar refractivity (Wildman–Crippen MR) is 77.7 cm³/mol. The summed E-state index contributed by atoms with van der Waals surface area (Å²) in [5, 5.41) is 11.8. The number of carboxylic acids is 1. The molecule has 0 radical (unpaired) electrons. The second-order valence-electron chi connectivity index (χ2n) is 6.39. The summed E-state index contributed by atoms with van der Waals surface area (Å²) >= 11 is 0. The fourth-order valence-corrected chi connectivity index (χ4v) is 2.36. The van der Waals surface area contributed by atoms with Crippen LogP contribution in [0.1, 0.15) is 33.6 Å². The number of rotatable bonds is 5. The normalized spacial score (nSPS) is 18.9. The minimum atomic E-state index is -0.987. The van der Waals surface area contributed by atoms with Crippen LogP contribution in [0.5, 0.6) is 0 Å². The SMILES string of the molecule is CC(C)N(CC(=O)O)C(=O)NCC1(C)CCN(C)CC1. The molecule has 1 rings (SSSR count). The number of carbonyl (C=O) groups excluding carboxylic acids is 1. The van der Waals surface area contributed by atoms with Crippen molar-refractivity contribution in [2.45, 2.75) is 39.7 Å². The van der Waals surface area contributed by atoms with Crippen LogP contribution in [0.3, 0.4) is 0 Å². The Hall–Kier alpha value is -1.30. The zero-order valence-electron chi connectivity index (χ0n) is 13.0. The summed E-state index contributed by atoms with van der Waals surface area (Å²) in [6.45, 7) is 8.23. The van der Waals surface area contributed by atoms with Gasteiger partial charge in [0, 0.05) is 12.6 Å². The lowest BCUT2D eigenvalue weighted by Gasteiger charge is -2.38. The maximum absolute atomic E-state index is 12.1. The summed E-state index contributed by atoms with van der Waals surface area (Å²) in [7, 11) is 2.10. The monoisotopic (exact) mass is 285 g/mol. The van der Waals surface area contributed by atoms with Gasteiger partial charge < -0.3 is 20.2 Å². The van der Waals surface area contributed by atoms with E-state index in [0.717, 1.165) is 25.9 Å². The first-order valence-electron chi connectivity index (χ1n) is 7.18. The molecule has 0 aromatic heterocycles. The van der Waals surface area contributed by atoms with E-state index in [0.29, 0.717) is 6.54 Å². The van der Waals surface area contributed by atoms with Gasteiger partial charge >= 0.3 is 12.0 Å². The van der Waals surface area contributed by atoms with Crippen molar-refractivity contribution in [1.82, 2.24) is 15.1 Å².